The van der Waals surface area contributed by atoms with Crippen LogP contribution in [0.15, 0.2) is 116 Å². The lowest BCUT2D eigenvalue weighted by molar-refractivity contribution is 0.0178. The monoisotopic (exact) mass is 975 g/mol. The SMILES string of the molecule is Cc1ccc(-c2ncn(C3CCN(C(=O)OC(C)(C)C)CC3)c2-c2cccc(F)n2)cc1.Cc1ccc(-c2ncn(C3CCN(C(=O)OC(C)(C)C)CC3)c2-c2cccc(Oc3cc(C)cc(C)c3)n2)cc1. The zero-order valence-electron chi connectivity index (χ0n) is 43.3. The number of amides is 2. The van der Waals surface area contributed by atoms with Gasteiger partial charge < -0.3 is 33.1 Å². The minimum absolute atomic E-state index is 0.125. The molecule has 9 rings (SSSR count). The molecule has 3 aromatic carbocycles. The van der Waals surface area contributed by atoms with Crippen LogP contribution in [0.3, 0.4) is 0 Å². The van der Waals surface area contributed by atoms with Crippen molar-refractivity contribution in [2.24, 2.45) is 0 Å². The number of halogens is 1. The number of hydrogen-bond acceptors (Lipinski definition) is 9. The molecule has 0 N–H and O–H groups in total. The molecule has 0 saturated carbocycles. The number of benzene rings is 3. The molecule has 6 heterocycles. The first-order valence-corrected chi connectivity index (χ1v) is 24.9. The molecule has 0 spiro atoms. The van der Waals surface area contributed by atoms with Gasteiger partial charge in [-0.25, -0.2) is 29.5 Å². The van der Waals surface area contributed by atoms with Crippen LogP contribution in [0.5, 0.6) is 11.6 Å². The van der Waals surface area contributed by atoms with Crippen molar-refractivity contribution in [3.63, 3.8) is 0 Å². The van der Waals surface area contributed by atoms with Crippen LogP contribution in [-0.4, -0.2) is 88.4 Å². The van der Waals surface area contributed by atoms with E-state index in [1.54, 1.807) is 15.9 Å². The Morgan fingerprint density at radius 2 is 0.958 bits per heavy atom. The topological polar surface area (TPSA) is 130 Å². The first-order valence-electron chi connectivity index (χ1n) is 24.9. The van der Waals surface area contributed by atoms with Gasteiger partial charge in [0.25, 0.3) is 0 Å². The molecule has 4 aromatic heterocycles. The van der Waals surface area contributed by atoms with Crippen molar-refractivity contribution in [1.82, 2.24) is 38.9 Å². The van der Waals surface area contributed by atoms with Gasteiger partial charge in [-0.05, 0) is 136 Å². The highest BCUT2D eigenvalue weighted by atomic mass is 19.1. The summed E-state index contributed by atoms with van der Waals surface area (Å²) in [5.41, 5.74) is 10.4. The van der Waals surface area contributed by atoms with E-state index in [1.807, 2.05) is 122 Å². The van der Waals surface area contributed by atoms with Crippen molar-refractivity contribution < 1.29 is 28.2 Å². The number of likely N-dealkylation sites (tertiary alicyclic amines) is 2. The second-order valence-electron chi connectivity index (χ2n) is 21.0. The van der Waals surface area contributed by atoms with E-state index in [2.05, 4.69) is 65.2 Å². The molecule has 0 aliphatic carbocycles. The van der Waals surface area contributed by atoms with Crippen LogP contribution in [0.2, 0.25) is 0 Å². The fourth-order valence-electron chi connectivity index (χ4n) is 9.19. The number of rotatable bonds is 8. The molecule has 2 aliphatic heterocycles. The highest BCUT2D eigenvalue weighted by molar-refractivity contribution is 5.78. The smallest absolute Gasteiger partial charge is 0.410 e. The Kier molecular flexibility index (Phi) is 15.3. The first kappa shape index (κ1) is 51.0. The summed E-state index contributed by atoms with van der Waals surface area (Å²) in [6.45, 7) is 22.0. The van der Waals surface area contributed by atoms with E-state index in [0.717, 1.165) is 87.7 Å². The minimum atomic E-state index is -0.523. The minimum Gasteiger partial charge on any atom is -0.444 e. The number of carbonyl (C=O) groups excluding carboxylic acids is 2. The Balaban J connectivity index is 0.000000197. The number of pyridine rings is 2. The summed E-state index contributed by atoms with van der Waals surface area (Å²) in [6.07, 6.45) is 6.30. The van der Waals surface area contributed by atoms with Crippen LogP contribution in [0.4, 0.5) is 14.0 Å². The number of ether oxygens (including phenoxy) is 3. The number of carbonyl (C=O) groups is 2. The van der Waals surface area contributed by atoms with Crippen molar-refractivity contribution >= 4 is 12.2 Å². The molecule has 0 atom stereocenters. The van der Waals surface area contributed by atoms with Crippen molar-refractivity contribution in [2.45, 2.75) is 118 Å². The fourth-order valence-corrected chi connectivity index (χ4v) is 9.19. The van der Waals surface area contributed by atoms with Gasteiger partial charge >= 0.3 is 12.2 Å². The molecule has 2 fully saturated rings. The van der Waals surface area contributed by atoms with Gasteiger partial charge in [0.2, 0.25) is 11.8 Å². The molecule has 13 nitrogen and oxygen atoms in total. The van der Waals surface area contributed by atoms with Crippen LogP contribution in [0.1, 0.15) is 102 Å². The van der Waals surface area contributed by atoms with Crippen molar-refractivity contribution in [3.05, 3.63) is 144 Å². The van der Waals surface area contributed by atoms with E-state index in [4.69, 9.17) is 29.2 Å². The highest BCUT2D eigenvalue weighted by Gasteiger charge is 2.32. The van der Waals surface area contributed by atoms with Crippen molar-refractivity contribution in [3.8, 4) is 56.9 Å². The lowest BCUT2D eigenvalue weighted by atomic mass is 10.0. The first-order chi connectivity index (χ1) is 34.3. The Hall–Kier alpha value is -7.35. The lowest BCUT2D eigenvalue weighted by Crippen LogP contribution is -2.42. The summed E-state index contributed by atoms with van der Waals surface area (Å²) < 4.78 is 35.6. The van der Waals surface area contributed by atoms with E-state index in [-0.39, 0.29) is 24.3 Å². The number of piperidine rings is 2. The highest BCUT2D eigenvalue weighted by Crippen LogP contribution is 2.38. The predicted molar refractivity (Wildman–Crippen MR) is 279 cm³/mol. The second kappa shape index (κ2) is 21.6. The van der Waals surface area contributed by atoms with Gasteiger partial charge in [0, 0.05) is 55.5 Å². The third-order valence-electron chi connectivity index (χ3n) is 12.6. The van der Waals surface area contributed by atoms with Crippen LogP contribution in [0.25, 0.3) is 45.3 Å². The number of hydrogen-bond donors (Lipinski definition) is 0. The normalized spacial score (nSPS) is 14.7. The maximum atomic E-state index is 14.0. The summed E-state index contributed by atoms with van der Waals surface area (Å²) in [4.78, 5) is 47.3. The third kappa shape index (κ3) is 12.8. The van der Waals surface area contributed by atoms with Gasteiger partial charge in [-0.1, -0.05) is 77.9 Å². The van der Waals surface area contributed by atoms with Gasteiger partial charge in [0.05, 0.1) is 46.8 Å². The average Bonchev–Trinajstić information content (AvgIpc) is 3.97. The Morgan fingerprint density at radius 3 is 1.38 bits per heavy atom. The number of imidazole rings is 2. The summed E-state index contributed by atoms with van der Waals surface area (Å²) in [5.74, 6) is 0.777. The molecular weight excluding hydrogens is 908 g/mol. The molecule has 0 radical (unpaired) electrons. The molecule has 72 heavy (non-hydrogen) atoms. The standard InChI is InChI=1S/C33H38N4O3.C25H29FN4O2/c1-22-10-12-25(13-11-22)30-31(28-8-7-9-29(35-28)39-27-19-23(2)18-24(3)20-27)37(21-34-30)26-14-16-36(17-15-26)32(38)40-33(4,5)6;1-17-8-10-18(11-9-17)22-23(20-6-5-7-21(26)28-20)30(16-27-22)19-12-14-29(15-13-19)24(31)32-25(2,3)4/h7-13,18-21,26H,14-17H2,1-6H3;5-11,16,19H,12-15H2,1-4H3. The Bertz CT molecular complexity index is 2970. The molecule has 0 unspecified atom stereocenters. The molecular formula is C58H67FN8O5. The second-order valence-corrected chi connectivity index (χ2v) is 21.0. The van der Waals surface area contributed by atoms with E-state index >= 15 is 0 Å². The predicted octanol–water partition coefficient (Wildman–Crippen LogP) is 13.5. The zero-order chi connectivity index (χ0) is 51.3. The van der Waals surface area contributed by atoms with Crippen molar-refractivity contribution in [1.29, 1.82) is 0 Å². The number of aromatic nitrogens is 6. The molecule has 7 aromatic rings. The molecule has 2 saturated heterocycles. The quantitative estimate of drug-likeness (QED) is 0.137. The summed E-state index contributed by atoms with van der Waals surface area (Å²) in [6, 6.07) is 33.7. The molecule has 376 valence electrons. The van der Waals surface area contributed by atoms with E-state index in [9.17, 15) is 14.0 Å². The zero-order valence-corrected chi connectivity index (χ0v) is 43.3. The van der Waals surface area contributed by atoms with Crippen molar-refractivity contribution in [2.75, 3.05) is 26.2 Å². The average molecular weight is 975 g/mol. The summed E-state index contributed by atoms with van der Waals surface area (Å²) >= 11 is 0. The third-order valence-corrected chi connectivity index (χ3v) is 12.6. The van der Waals surface area contributed by atoms with Crippen LogP contribution >= 0.6 is 0 Å². The van der Waals surface area contributed by atoms with Crippen LogP contribution in [-0.2, 0) is 9.47 Å². The lowest BCUT2D eigenvalue weighted by Gasteiger charge is -2.34. The van der Waals surface area contributed by atoms with Gasteiger partial charge in [-0.3, -0.25) is 0 Å². The molecule has 0 bridgehead atoms. The van der Waals surface area contributed by atoms with Gasteiger partial charge in [0.15, 0.2) is 0 Å². The van der Waals surface area contributed by atoms with Gasteiger partial charge in [0.1, 0.15) is 17.0 Å². The Labute approximate surface area is 423 Å². The van der Waals surface area contributed by atoms with Crippen LogP contribution in [0, 0.1) is 33.6 Å². The number of aryl methyl sites for hydroxylation is 4. The maximum Gasteiger partial charge on any atom is 0.410 e. The summed E-state index contributed by atoms with van der Waals surface area (Å²) in [7, 11) is 0. The Morgan fingerprint density at radius 1 is 0.542 bits per heavy atom. The molecule has 14 heteroatoms. The maximum absolute atomic E-state index is 14.0. The molecule has 2 amide bonds. The largest absolute Gasteiger partial charge is 0.444 e. The summed E-state index contributed by atoms with van der Waals surface area (Å²) in [5, 5.41) is 0. The van der Waals surface area contributed by atoms with Crippen LogP contribution < -0.4 is 4.74 Å². The number of nitrogens with zero attached hydrogens (tertiary/aromatic N) is 8. The van der Waals surface area contributed by atoms with E-state index in [0.29, 0.717) is 37.8 Å². The van der Waals surface area contributed by atoms with Gasteiger partial charge in [-0.15, -0.1) is 0 Å². The molecule has 2 aliphatic rings. The van der Waals surface area contributed by atoms with E-state index in [1.165, 1.54) is 11.6 Å². The van der Waals surface area contributed by atoms with E-state index < -0.39 is 17.1 Å². The van der Waals surface area contributed by atoms with Gasteiger partial charge in [-0.2, -0.15) is 4.39 Å². The fraction of sp³-hybridized carbons (Fsp3) is 0.379.